The summed E-state index contributed by atoms with van der Waals surface area (Å²) in [6.45, 7) is 5.09. The minimum absolute atomic E-state index is 0.0530. The number of hydrogen-bond acceptors (Lipinski definition) is 5. The van der Waals surface area contributed by atoms with Crippen molar-refractivity contribution in [1.29, 1.82) is 0 Å². The molecule has 0 aromatic carbocycles. The van der Waals surface area contributed by atoms with Crippen molar-refractivity contribution in [2.75, 3.05) is 18.1 Å². The maximum atomic E-state index is 5.20. The lowest BCUT2D eigenvalue weighted by molar-refractivity contribution is 0.266. The minimum atomic E-state index is -0.0530. The SMILES string of the molecule is CCSCCNC1(c2noc(C)n2)CCCCCC1. The lowest BCUT2D eigenvalue weighted by atomic mass is 9.89. The van der Waals surface area contributed by atoms with Crippen LogP contribution in [0.2, 0.25) is 0 Å². The van der Waals surface area contributed by atoms with Gasteiger partial charge in [-0.25, -0.2) is 0 Å². The summed E-state index contributed by atoms with van der Waals surface area (Å²) >= 11 is 1.97. The van der Waals surface area contributed by atoms with Crippen molar-refractivity contribution < 1.29 is 4.52 Å². The molecule has 1 aromatic rings. The molecule has 1 saturated carbocycles. The molecule has 5 heteroatoms. The second kappa shape index (κ2) is 7.29. The monoisotopic (exact) mass is 283 g/mol. The van der Waals surface area contributed by atoms with Crippen LogP contribution in [0.3, 0.4) is 0 Å². The van der Waals surface area contributed by atoms with Crippen LogP contribution in [0.15, 0.2) is 4.52 Å². The van der Waals surface area contributed by atoms with E-state index in [9.17, 15) is 0 Å². The molecule has 0 atom stereocenters. The van der Waals surface area contributed by atoms with E-state index in [4.69, 9.17) is 4.52 Å². The molecule has 1 heterocycles. The molecular weight excluding hydrogens is 258 g/mol. The van der Waals surface area contributed by atoms with Crippen molar-refractivity contribution in [2.24, 2.45) is 0 Å². The first-order chi connectivity index (χ1) is 9.27. The Bertz CT molecular complexity index is 373. The topological polar surface area (TPSA) is 51.0 Å². The maximum Gasteiger partial charge on any atom is 0.223 e. The van der Waals surface area contributed by atoms with E-state index >= 15 is 0 Å². The van der Waals surface area contributed by atoms with Crippen molar-refractivity contribution in [2.45, 2.75) is 57.9 Å². The summed E-state index contributed by atoms with van der Waals surface area (Å²) in [6.07, 6.45) is 7.41. The molecule has 2 rings (SSSR count). The molecule has 1 fully saturated rings. The maximum absolute atomic E-state index is 5.20. The number of hydrogen-bond donors (Lipinski definition) is 1. The normalized spacial score (nSPS) is 19.3. The van der Waals surface area contributed by atoms with Gasteiger partial charge in [-0.3, -0.25) is 0 Å². The number of aromatic nitrogens is 2. The predicted octanol–water partition coefficient (Wildman–Crippen LogP) is 3.27. The van der Waals surface area contributed by atoms with Gasteiger partial charge in [-0.1, -0.05) is 37.8 Å². The van der Waals surface area contributed by atoms with Gasteiger partial charge in [0.15, 0.2) is 5.82 Å². The summed E-state index contributed by atoms with van der Waals surface area (Å²) in [5.41, 5.74) is -0.0530. The quantitative estimate of drug-likeness (QED) is 0.641. The zero-order valence-electron chi connectivity index (χ0n) is 12.1. The fraction of sp³-hybridized carbons (Fsp3) is 0.857. The zero-order chi connectivity index (χ0) is 13.6. The highest BCUT2D eigenvalue weighted by Crippen LogP contribution is 2.34. The fourth-order valence-electron chi connectivity index (χ4n) is 2.81. The number of thioether (sulfide) groups is 1. The Morgan fingerprint density at radius 2 is 2.00 bits per heavy atom. The summed E-state index contributed by atoms with van der Waals surface area (Å²) in [6, 6.07) is 0. The molecule has 0 unspecified atom stereocenters. The van der Waals surface area contributed by atoms with Crippen LogP contribution in [0, 0.1) is 6.92 Å². The van der Waals surface area contributed by atoms with Gasteiger partial charge in [0.05, 0.1) is 5.54 Å². The van der Waals surface area contributed by atoms with Crippen LogP contribution < -0.4 is 5.32 Å². The van der Waals surface area contributed by atoms with E-state index in [-0.39, 0.29) is 5.54 Å². The van der Waals surface area contributed by atoms with Gasteiger partial charge >= 0.3 is 0 Å². The fourth-order valence-corrected chi connectivity index (χ4v) is 3.35. The molecule has 0 spiro atoms. The Hall–Kier alpha value is -0.550. The molecule has 108 valence electrons. The van der Waals surface area contributed by atoms with Crippen LogP contribution in [-0.2, 0) is 5.54 Å². The number of rotatable bonds is 6. The van der Waals surface area contributed by atoms with Crippen LogP contribution in [0.4, 0.5) is 0 Å². The highest BCUT2D eigenvalue weighted by molar-refractivity contribution is 7.99. The van der Waals surface area contributed by atoms with E-state index in [2.05, 4.69) is 22.4 Å². The molecular formula is C14H25N3OS. The lowest BCUT2D eigenvalue weighted by Crippen LogP contribution is -2.44. The van der Waals surface area contributed by atoms with E-state index < -0.39 is 0 Å². The Balaban J connectivity index is 2.07. The van der Waals surface area contributed by atoms with Gasteiger partial charge < -0.3 is 9.84 Å². The molecule has 1 aromatic heterocycles. The van der Waals surface area contributed by atoms with Gasteiger partial charge in [0.1, 0.15) is 0 Å². The van der Waals surface area contributed by atoms with E-state index in [1.54, 1.807) is 0 Å². The number of aryl methyl sites for hydroxylation is 1. The van der Waals surface area contributed by atoms with Crippen molar-refractivity contribution in [3.63, 3.8) is 0 Å². The molecule has 1 aliphatic rings. The molecule has 1 N–H and O–H groups in total. The predicted molar refractivity (Wildman–Crippen MR) is 79.4 cm³/mol. The molecule has 0 bridgehead atoms. The van der Waals surface area contributed by atoms with Gasteiger partial charge in [-0.05, 0) is 18.6 Å². The van der Waals surface area contributed by atoms with E-state index in [1.807, 2.05) is 18.7 Å². The molecule has 0 aliphatic heterocycles. The van der Waals surface area contributed by atoms with Gasteiger partial charge in [0.2, 0.25) is 5.89 Å². The van der Waals surface area contributed by atoms with Crippen molar-refractivity contribution in [1.82, 2.24) is 15.5 Å². The average molecular weight is 283 g/mol. The second-order valence-electron chi connectivity index (χ2n) is 5.26. The summed E-state index contributed by atoms with van der Waals surface area (Å²) in [4.78, 5) is 4.50. The van der Waals surface area contributed by atoms with Crippen LogP contribution in [0.5, 0.6) is 0 Å². The van der Waals surface area contributed by atoms with E-state index in [1.165, 1.54) is 31.4 Å². The average Bonchev–Trinajstić information content (AvgIpc) is 2.72. The highest BCUT2D eigenvalue weighted by Gasteiger charge is 2.36. The Labute approximate surface area is 120 Å². The smallest absolute Gasteiger partial charge is 0.223 e. The standard InChI is InChI=1S/C14H25N3OS/c1-3-19-11-10-15-14(8-6-4-5-7-9-14)13-16-12(2)18-17-13/h15H,3-11H2,1-2H3. The van der Waals surface area contributed by atoms with Gasteiger partial charge in [0.25, 0.3) is 0 Å². The largest absolute Gasteiger partial charge is 0.340 e. The van der Waals surface area contributed by atoms with Crippen LogP contribution in [-0.4, -0.2) is 28.2 Å². The number of nitrogens with zero attached hydrogens (tertiary/aromatic N) is 2. The Morgan fingerprint density at radius 3 is 2.58 bits per heavy atom. The third kappa shape index (κ3) is 3.96. The summed E-state index contributed by atoms with van der Waals surface area (Å²) in [7, 11) is 0. The summed E-state index contributed by atoms with van der Waals surface area (Å²) in [5, 5.41) is 7.93. The van der Waals surface area contributed by atoms with Gasteiger partial charge in [0, 0.05) is 19.2 Å². The molecule has 4 nitrogen and oxygen atoms in total. The highest BCUT2D eigenvalue weighted by atomic mass is 32.2. The van der Waals surface area contributed by atoms with Crippen LogP contribution in [0.25, 0.3) is 0 Å². The molecule has 0 radical (unpaired) electrons. The van der Waals surface area contributed by atoms with Crippen LogP contribution in [0.1, 0.15) is 57.2 Å². The van der Waals surface area contributed by atoms with Gasteiger partial charge in [-0.15, -0.1) is 0 Å². The molecule has 1 aliphatic carbocycles. The summed E-state index contributed by atoms with van der Waals surface area (Å²) < 4.78 is 5.20. The Morgan fingerprint density at radius 1 is 1.26 bits per heavy atom. The summed E-state index contributed by atoms with van der Waals surface area (Å²) in [5.74, 6) is 3.86. The van der Waals surface area contributed by atoms with Crippen molar-refractivity contribution >= 4 is 11.8 Å². The van der Waals surface area contributed by atoms with E-state index in [0.29, 0.717) is 5.89 Å². The first kappa shape index (κ1) is 14.9. The van der Waals surface area contributed by atoms with Gasteiger partial charge in [-0.2, -0.15) is 16.7 Å². The molecule has 19 heavy (non-hydrogen) atoms. The van der Waals surface area contributed by atoms with Crippen molar-refractivity contribution in [3.05, 3.63) is 11.7 Å². The zero-order valence-corrected chi connectivity index (χ0v) is 12.9. The van der Waals surface area contributed by atoms with Crippen LogP contribution >= 0.6 is 11.8 Å². The third-order valence-corrected chi connectivity index (χ3v) is 4.73. The number of nitrogens with one attached hydrogen (secondary N) is 1. The first-order valence-electron chi connectivity index (χ1n) is 7.40. The van der Waals surface area contributed by atoms with E-state index in [0.717, 1.165) is 31.0 Å². The molecule has 0 amide bonds. The first-order valence-corrected chi connectivity index (χ1v) is 8.56. The second-order valence-corrected chi connectivity index (χ2v) is 6.65. The lowest BCUT2D eigenvalue weighted by Gasteiger charge is -2.30. The Kier molecular flexibility index (Phi) is 5.70. The molecule has 0 saturated heterocycles. The minimum Gasteiger partial charge on any atom is -0.340 e. The third-order valence-electron chi connectivity index (χ3n) is 3.83. The van der Waals surface area contributed by atoms with Crippen molar-refractivity contribution in [3.8, 4) is 0 Å².